The summed E-state index contributed by atoms with van der Waals surface area (Å²) in [4.78, 5) is 29.4. The van der Waals surface area contributed by atoms with E-state index in [1.54, 1.807) is 31.3 Å². The van der Waals surface area contributed by atoms with E-state index in [0.717, 1.165) is 5.82 Å². The van der Waals surface area contributed by atoms with Crippen molar-refractivity contribution in [3.63, 3.8) is 0 Å². The summed E-state index contributed by atoms with van der Waals surface area (Å²) in [5, 5.41) is 9.10. The number of anilines is 1. The summed E-state index contributed by atoms with van der Waals surface area (Å²) >= 11 is 0. The SMILES string of the molecule is Cc1ccn(-c2ccc(N(C)C)nc2)c(=O)c1C(=O)O. The lowest BCUT2D eigenvalue weighted by atomic mass is 10.1. The highest BCUT2D eigenvalue weighted by atomic mass is 16.4. The molecule has 0 aliphatic heterocycles. The zero-order valence-electron chi connectivity index (χ0n) is 11.5. The smallest absolute Gasteiger partial charge is 0.341 e. The summed E-state index contributed by atoms with van der Waals surface area (Å²) < 4.78 is 1.28. The average Bonchev–Trinajstić information content (AvgIpc) is 2.38. The number of nitrogens with zero attached hydrogens (tertiary/aromatic N) is 3. The van der Waals surface area contributed by atoms with Crippen LogP contribution in [-0.4, -0.2) is 34.7 Å². The van der Waals surface area contributed by atoms with Gasteiger partial charge in [-0.2, -0.15) is 0 Å². The molecule has 2 aromatic heterocycles. The van der Waals surface area contributed by atoms with Gasteiger partial charge in [0.25, 0.3) is 5.56 Å². The zero-order chi connectivity index (χ0) is 14.9. The van der Waals surface area contributed by atoms with Crippen molar-refractivity contribution in [1.29, 1.82) is 0 Å². The first kappa shape index (κ1) is 13.8. The molecule has 0 saturated carbocycles. The molecular formula is C14H15N3O3. The third-order valence-corrected chi connectivity index (χ3v) is 2.98. The summed E-state index contributed by atoms with van der Waals surface area (Å²) in [6.45, 7) is 1.60. The van der Waals surface area contributed by atoms with E-state index in [2.05, 4.69) is 4.98 Å². The summed E-state index contributed by atoms with van der Waals surface area (Å²) in [5.74, 6) is -0.466. The van der Waals surface area contributed by atoms with Crippen LogP contribution in [0.2, 0.25) is 0 Å². The van der Waals surface area contributed by atoms with E-state index in [-0.39, 0.29) is 5.56 Å². The van der Waals surface area contributed by atoms with Crippen molar-refractivity contribution in [2.45, 2.75) is 6.92 Å². The monoisotopic (exact) mass is 273 g/mol. The Bertz CT molecular complexity index is 703. The van der Waals surface area contributed by atoms with E-state index in [4.69, 9.17) is 5.11 Å². The maximum Gasteiger partial charge on any atom is 0.341 e. The molecule has 104 valence electrons. The van der Waals surface area contributed by atoms with Gasteiger partial charge in [0.05, 0.1) is 11.9 Å². The molecule has 0 unspecified atom stereocenters. The minimum atomic E-state index is -1.22. The molecule has 0 aromatic carbocycles. The van der Waals surface area contributed by atoms with Gasteiger partial charge in [-0.05, 0) is 30.7 Å². The Morgan fingerprint density at radius 3 is 2.50 bits per heavy atom. The lowest BCUT2D eigenvalue weighted by molar-refractivity contribution is 0.0694. The first-order valence-corrected chi connectivity index (χ1v) is 6.01. The molecule has 0 bridgehead atoms. The summed E-state index contributed by atoms with van der Waals surface area (Å²) in [6.07, 6.45) is 3.09. The number of carboxylic acids is 1. The number of aryl methyl sites for hydroxylation is 1. The van der Waals surface area contributed by atoms with Gasteiger partial charge in [0, 0.05) is 20.3 Å². The van der Waals surface area contributed by atoms with Crippen LogP contribution in [0.4, 0.5) is 5.82 Å². The molecule has 0 radical (unpaired) electrons. The van der Waals surface area contributed by atoms with Gasteiger partial charge in [-0.1, -0.05) is 0 Å². The van der Waals surface area contributed by atoms with Crippen LogP contribution >= 0.6 is 0 Å². The van der Waals surface area contributed by atoms with E-state index in [9.17, 15) is 9.59 Å². The van der Waals surface area contributed by atoms with Crippen LogP contribution in [-0.2, 0) is 0 Å². The number of pyridine rings is 2. The molecule has 1 N–H and O–H groups in total. The van der Waals surface area contributed by atoms with Gasteiger partial charge in [0.1, 0.15) is 11.4 Å². The largest absolute Gasteiger partial charge is 0.477 e. The molecule has 6 nitrogen and oxygen atoms in total. The molecular weight excluding hydrogens is 258 g/mol. The highest BCUT2D eigenvalue weighted by molar-refractivity contribution is 5.88. The fourth-order valence-electron chi connectivity index (χ4n) is 1.88. The van der Waals surface area contributed by atoms with Gasteiger partial charge in [-0.3, -0.25) is 9.36 Å². The highest BCUT2D eigenvalue weighted by Crippen LogP contribution is 2.11. The number of carboxylic acid groups (broad SMARTS) is 1. The van der Waals surface area contributed by atoms with E-state index in [1.165, 1.54) is 10.8 Å². The second kappa shape index (κ2) is 5.16. The molecule has 0 aliphatic rings. The minimum absolute atomic E-state index is 0.218. The predicted octanol–water partition coefficient (Wildman–Crippen LogP) is 1.31. The Morgan fingerprint density at radius 1 is 1.30 bits per heavy atom. The molecule has 2 rings (SSSR count). The van der Waals surface area contributed by atoms with Crippen LogP contribution in [0.1, 0.15) is 15.9 Å². The van der Waals surface area contributed by atoms with Gasteiger partial charge >= 0.3 is 5.97 Å². The molecule has 0 atom stereocenters. The van der Waals surface area contributed by atoms with Gasteiger partial charge in [0.15, 0.2) is 0 Å². The summed E-state index contributed by atoms with van der Waals surface area (Å²) in [7, 11) is 3.73. The minimum Gasteiger partial charge on any atom is -0.477 e. The van der Waals surface area contributed by atoms with Crippen LogP contribution < -0.4 is 10.5 Å². The van der Waals surface area contributed by atoms with Crippen molar-refractivity contribution in [3.8, 4) is 5.69 Å². The number of carbonyl (C=O) groups is 1. The van der Waals surface area contributed by atoms with Crippen molar-refractivity contribution in [2.24, 2.45) is 0 Å². The molecule has 2 heterocycles. The first-order chi connectivity index (χ1) is 9.41. The fraction of sp³-hybridized carbons (Fsp3) is 0.214. The Morgan fingerprint density at radius 2 is 2.00 bits per heavy atom. The van der Waals surface area contributed by atoms with Gasteiger partial charge in [0.2, 0.25) is 0 Å². The second-order valence-corrected chi connectivity index (χ2v) is 4.62. The van der Waals surface area contributed by atoms with Crippen LogP contribution in [0.3, 0.4) is 0 Å². The number of hydrogen-bond donors (Lipinski definition) is 1. The number of hydrogen-bond acceptors (Lipinski definition) is 4. The standard InChI is InChI=1S/C14H15N3O3/c1-9-6-7-17(13(18)12(9)14(19)20)10-4-5-11(15-8-10)16(2)3/h4-8H,1-3H3,(H,19,20). The van der Waals surface area contributed by atoms with Crippen molar-refractivity contribution in [3.05, 3.63) is 52.1 Å². The second-order valence-electron chi connectivity index (χ2n) is 4.62. The Balaban J connectivity index is 2.56. The van der Waals surface area contributed by atoms with E-state index >= 15 is 0 Å². The number of rotatable bonds is 3. The Kier molecular flexibility index (Phi) is 3.56. The van der Waals surface area contributed by atoms with Crippen LogP contribution in [0.15, 0.2) is 35.4 Å². The fourth-order valence-corrected chi connectivity index (χ4v) is 1.88. The zero-order valence-corrected chi connectivity index (χ0v) is 11.5. The molecule has 2 aromatic rings. The molecule has 0 amide bonds. The quantitative estimate of drug-likeness (QED) is 0.912. The topological polar surface area (TPSA) is 75.4 Å². The van der Waals surface area contributed by atoms with Crippen molar-refractivity contribution in [1.82, 2.24) is 9.55 Å². The normalized spacial score (nSPS) is 10.3. The van der Waals surface area contributed by atoms with Crippen LogP contribution in [0.25, 0.3) is 5.69 Å². The lowest BCUT2D eigenvalue weighted by Crippen LogP contribution is -2.26. The van der Waals surface area contributed by atoms with Gasteiger partial charge in [-0.25, -0.2) is 9.78 Å². The third kappa shape index (κ3) is 2.40. The highest BCUT2D eigenvalue weighted by Gasteiger charge is 2.15. The molecule has 0 aliphatic carbocycles. The van der Waals surface area contributed by atoms with Crippen molar-refractivity contribution in [2.75, 3.05) is 19.0 Å². The van der Waals surface area contributed by atoms with Crippen LogP contribution in [0.5, 0.6) is 0 Å². The van der Waals surface area contributed by atoms with E-state index < -0.39 is 11.5 Å². The van der Waals surface area contributed by atoms with Crippen molar-refractivity contribution < 1.29 is 9.90 Å². The van der Waals surface area contributed by atoms with Gasteiger partial charge in [-0.15, -0.1) is 0 Å². The lowest BCUT2D eigenvalue weighted by Gasteiger charge is -2.12. The molecule has 0 spiro atoms. The first-order valence-electron chi connectivity index (χ1n) is 6.01. The number of aromatic carboxylic acids is 1. The summed E-state index contributed by atoms with van der Waals surface area (Å²) in [6, 6.07) is 5.09. The van der Waals surface area contributed by atoms with E-state index in [1.807, 2.05) is 19.0 Å². The number of aromatic nitrogens is 2. The molecule has 0 fully saturated rings. The Labute approximate surface area is 115 Å². The molecule has 6 heteroatoms. The van der Waals surface area contributed by atoms with Crippen molar-refractivity contribution >= 4 is 11.8 Å². The maximum absolute atomic E-state index is 12.2. The Hall–Kier alpha value is -2.63. The molecule has 0 saturated heterocycles. The van der Waals surface area contributed by atoms with Gasteiger partial charge < -0.3 is 10.0 Å². The predicted molar refractivity (Wildman–Crippen MR) is 75.9 cm³/mol. The van der Waals surface area contributed by atoms with E-state index in [0.29, 0.717) is 11.3 Å². The third-order valence-electron chi connectivity index (χ3n) is 2.98. The maximum atomic E-state index is 12.2. The van der Waals surface area contributed by atoms with Crippen LogP contribution in [0, 0.1) is 6.92 Å². The molecule has 20 heavy (non-hydrogen) atoms. The average molecular weight is 273 g/mol. The summed E-state index contributed by atoms with van der Waals surface area (Å²) in [5.41, 5.74) is 0.195.